The number of rotatable bonds is 3. The first-order valence-electron chi connectivity index (χ1n) is 7.56. The Hall–Kier alpha value is -1.17. The molecule has 0 amide bonds. The molecule has 0 aromatic carbocycles. The van der Waals surface area contributed by atoms with E-state index in [2.05, 4.69) is 39.2 Å². The van der Waals surface area contributed by atoms with Gasteiger partial charge >= 0.3 is 0 Å². The van der Waals surface area contributed by atoms with E-state index in [9.17, 15) is 0 Å². The van der Waals surface area contributed by atoms with Crippen LogP contribution in [0, 0.1) is 0 Å². The first-order chi connectivity index (χ1) is 9.81. The van der Waals surface area contributed by atoms with Crippen molar-refractivity contribution in [2.24, 2.45) is 0 Å². The third-order valence-corrected chi connectivity index (χ3v) is 4.04. The molecule has 1 N–H and O–H groups in total. The molecule has 20 heavy (non-hydrogen) atoms. The number of hydrogen-bond acceptors (Lipinski definition) is 5. The molecule has 1 aromatic heterocycles. The van der Waals surface area contributed by atoms with Gasteiger partial charge in [-0.15, -0.1) is 0 Å². The fraction of sp³-hybridized carbons (Fsp3) is 0.667. The summed E-state index contributed by atoms with van der Waals surface area (Å²) in [6.45, 7) is 9.40. The van der Waals surface area contributed by atoms with Gasteiger partial charge < -0.3 is 15.0 Å². The summed E-state index contributed by atoms with van der Waals surface area (Å²) < 4.78 is 5.97. The minimum Gasteiger partial charge on any atom is -0.371 e. The molecule has 0 bridgehead atoms. The van der Waals surface area contributed by atoms with Gasteiger partial charge in [-0.2, -0.15) is 0 Å². The van der Waals surface area contributed by atoms with E-state index >= 15 is 0 Å². The second-order valence-corrected chi connectivity index (χ2v) is 5.70. The van der Waals surface area contributed by atoms with Crippen LogP contribution < -0.4 is 10.2 Å². The quantitative estimate of drug-likeness (QED) is 0.874. The molecule has 2 atom stereocenters. The Balaban J connectivity index is 1.46. The van der Waals surface area contributed by atoms with Crippen LogP contribution in [0.25, 0.3) is 0 Å². The number of nitrogens with zero attached hydrogens (tertiary/aromatic N) is 3. The van der Waals surface area contributed by atoms with Crippen LogP contribution in [0.2, 0.25) is 0 Å². The lowest BCUT2D eigenvalue weighted by atomic mass is 10.2. The van der Waals surface area contributed by atoms with Gasteiger partial charge in [-0.25, -0.2) is 4.98 Å². The summed E-state index contributed by atoms with van der Waals surface area (Å²) in [5, 5.41) is 3.44. The highest BCUT2D eigenvalue weighted by Crippen LogP contribution is 2.13. The summed E-state index contributed by atoms with van der Waals surface area (Å²) in [7, 11) is 0. The lowest BCUT2D eigenvalue weighted by molar-refractivity contribution is -0.0428. The van der Waals surface area contributed by atoms with Crippen LogP contribution in [0.15, 0.2) is 24.4 Å². The number of morpholine rings is 1. The van der Waals surface area contributed by atoms with Crippen LogP contribution in [-0.2, 0) is 4.74 Å². The third kappa shape index (κ3) is 3.48. The van der Waals surface area contributed by atoms with Crippen molar-refractivity contribution in [3.63, 3.8) is 0 Å². The summed E-state index contributed by atoms with van der Waals surface area (Å²) in [5.41, 5.74) is 0. The van der Waals surface area contributed by atoms with Gasteiger partial charge in [-0.1, -0.05) is 6.07 Å². The maximum atomic E-state index is 5.97. The summed E-state index contributed by atoms with van der Waals surface area (Å²) in [5.74, 6) is 1.09. The van der Waals surface area contributed by atoms with Crippen molar-refractivity contribution in [3.05, 3.63) is 24.4 Å². The van der Waals surface area contributed by atoms with E-state index in [0.29, 0.717) is 12.2 Å². The normalized spacial score (nSPS) is 28.6. The van der Waals surface area contributed by atoms with Crippen molar-refractivity contribution in [2.45, 2.75) is 19.1 Å². The maximum absolute atomic E-state index is 5.97. The molecule has 0 saturated carbocycles. The topological polar surface area (TPSA) is 40.6 Å². The zero-order valence-electron chi connectivity index (χ0n) is 12.2. The van der Waals surface area contributed by atoms with Gasteiger partial charge in [0.15, 0.2) is 0 Å². The van der Waals surface area contributed by atoms with Crippen LogP contribution in [0.5, 0.6) is 0 Å². The lowest BCUT2D eigenvalue weighted by Gasteiger charge is -2.38. The Morgan fingerprint density at radius 2 is 2.10 bits per heavy atom. The molecule has 2 saturated heterocycles. The second kappa shape index (κ2) is 6.52. The van der Waals surface area contributed by atoms with Crippen LogP contribution >= 0.6 is 0 Å². The minimum atomic E-state index is 0.333. The van der Waals surface area contributed by atoms with Gasteiger partial charge in [-0.3, -0.25) is 4.90 Å². The fourth-order valence-electron chi connectivity index (χ4n) is 2.97. The number of nitrogens with one attached hydrogen (secondary N) is 1. The molecular weight excluding hydrogens is 252 g/mol. The largest absolute Gasteiger partial charge is 0.371 e. The maximum Gasteiger partial charge on any atom is 0.128 e. The first kappa shape index (κ1) is 13.8. The molecule has 2 fully saturated rings. The minimum absolute atomic E-state index is 0.333. The van der Waals surface area contributed by atoms with E-state index in [1.807, 2.05) is 12.3 Å². The highest BCUT2D eigenvalue weighted by atomic mass is 16.5. The van der Waals surface area contributed by atoms with Gasteiger partial charge in [0.25, 0.3) is 0 Å². The Morgan fingerprint density at radius 3 is 2.80 bits per heavy atom. The SMILES string of the molecule is C[C@@H]1CNC[C@@H](CN2CCN(c3ccccn3)CC2)O1. The smallest absolute Gasteiger partial charge is 0.128 e. The molecule has 2 aliphatic rings. The second-order valence-electron chi connectivity index (χ2n) is 5.70. The van der Waals surface area contributed by atoms with E-state index in [0.717, 1.165) is 51.6 Å². The van der Waals surface area contributed by atoms with Gasteiger partial charge in [0, 0.05) is 52.0 Å². The van der Waals surface area contributed by atoms with E-state index in [1.165, 1.54) is 0 Å². The van der Waals surface area contributed by atoms with Crippen LogP contribution in [0.3, 0.4) is 0 Å². The molecule has 1 aromatic rings. The highest BCUT2D eigenvalue weighted by Gasteiger charge is 2.24. The predicted molar refractivity (Wildman–Crippen MR) is 80.1 cm³/mol. The summed E-state index contributed by atoms with van der Waals surface area (Å²) in [6.07, 6.45) is 2.54. The molecule has 0 spiro atoms. The third-order valence-electron chi connectivity index (χ3n) is 4.04. The van der Waals surface area contributed by atoms with E-state index < -0.39 is 0 Å². The monoisotopic (exact) mass is 276 g/mol. The molecule has 3 rings (SSSR count). The molecular formula is C15H24N4O. The number of piperazine rings is 1. The molecule has 0 radical (unpaired) electrons. The Bertz CT molecular complexity index is 406. The molecule has 110 valence electrons. The number of hydrogen-bond donors (Lipinski definition) is 1. The van der Waals surface area contributed by atoms with Gasteiger partial charge in [0.05, 0.1) is 12.2 Å². The van der Waals surface area contributed by atoms with E-state index in [4.69, 9.17) is 4.74 Å². The van der Waals surface area contributed by atoms with Crippen LogP contribution in [-0.4, -0.2) is 67.9 Å². The van der Waals surface area contributed by atoms with Crippen LogP contribution in [0.4, 0.5) is 5.82 Å². The zero-order chi connectivity index (χ0) is 13.8. The Labute approximate surface area is 120 Å². The molecule has 5 heteroatoms. The fourth-order valence-corrected chi connectivity index (χ4v) is 2.97. The van der Waals surface area contributed by atoms with Crippen molar-refractivity contribution in [1.29, 1.82) is 0 Å². The average Bonchev–Trinajstić information content (AvgIpc) is 2.49. The van der Waals surface area contributed by atoms with E-state index in [-0.39, 0.29) is 0 Å². The van der Waals surface area contributed by atoms with Crippen molar-refractivity contribution in [1.82, 2.24) is 15.2 Å². The number of aromatic nitrogens is 1. The number of pyridine rings is 1. The Morgan fingerprint density at radius 1 is 1.25 bits per heavy atom. The summed E-state index contributed by atoms with van der Waals surface area (Å²) in [6, 6.07) is 6.11. The Kier molecular flexibility index (Phi) is 4.50. The molecule has 5 nitrogen and oxygen atoms in total. The number of anilines is 1. The zero-order valence-corrected chi connectivity index (χ0v) is 12.2. The van der Waals surface area contributed by atoms with Gasteiger partial charge in [0.1, 0.15) is 5.82 Å². The molecule has 2 aliphatic heterocycles. The number of ether oxygens (including phenoxy) is 1. The van der Waals surface area contributed by atoms with Crippen molar-refractivity contribution in [3.8, 4) is 0 Å². The van der Waals surface area contributed by atoms with Crippen molar-refractivity contribution >= 4 is 5.82 Å². The van der Waals surface area contributed by atoms with Gasteiger partial charge in [-0.05, 0) is 19.1 Å². The molecule has 0 aliphatic carbocycles. The first-order valence-corrected chi connectivity index (χ1v) is 7.56. The van der Waals surface area contributed by atoms with E-state index in [1.54, 1.807) is 0 Å². The lowest BCUT2D eigenvalue weighted by Crippen LogP contribution is -2.53. The average molecular weight is 276 g/mol. The summed E-state index contributed by atoms with van der Waals surface area (Å²) >= 11 is 0. The van der Waals surface area contributed by atoms with Crippen LogP contribution in [0.1, 0.15) is 6.92 Å². The van der Waals surface area contributed by atoms with Crippen molar-refractivity contribution < 1.29 is 4.74 Å². The summed E-state index contributed by atoms with van der Waals surface area (Å²) in [4.78, 5) is 9.29. The molecule has 3 heterocycles. The van der Waals surface area contributed by atoms with Gasteiger partial charge in [0.2, 0.25) is 0 Å². The standard InChI is InChI=1S/C15H24N4O/c1-13-10-16-11-14(20-13)12-18-6-8-19(9-7-18)15-4-2-3-5-17-15/h2-5,13-14,16H,6-12H2,1H3/t13-,14+/m1/s1. The van der Waals surface area contributed by atoms with Crippen molar-refractivity contribution in [2.75, 3.05) is 50.7 Å². The molecule has 0 unspecified atom stereocenters. The predicted octanol–water partition coefficient (Wildman–Crippen LogP) is 0.581. The highest BCUT2D eigenvalue weighted by molar-refractivity contribution is 5.38.